The van der Waals surface area contributed by atoms with E-state index in [2.05, 4.69) is 15.1 Å². The number of aromatic amines is 1. The zero-order valence-electron chi connectivity index (χ0n) is 14.4. The van der Waals surface area contributed by atoms with Crippen molar-refractivity contribution < 1.29 is 14.3 Å². The Hall–Kier alpha value is -3.42. The van der Waals surface area contributed by atoms with Crippen LogP contribution in [0.4, 0.5) is 0 Å². The Balaban J connectivity index is 2.01. The predicted molar refractivity (Wildman–Crippen MR) is 94.1 cm³/mol. The lowest BCUT2D eigenvalue weighted by molar-refractivity contribution is 0.0512. The molecule has 0 aliphatic rings. The molecule has 8 nitrogen and oxygen atoms in total. The van der Waals surface area contributed by atoms with Crippen molar-refractivity contribution in [2.75, 3.05) is 13.7 Å². The van der Waals surface area contributed by atoms with Crippen LogP contribution in [-0.2, 0) is 11.3 Å². The summed E-state index contributed by atoms with van der Waals surface area (Å²) in [5.41, 5.74) is 1.65. The number of rotatable bonds is 6. The number of carbonyl (C=O) groups excluding carboxylic acids is 1. The summed E-state index contributed by atoms with van der Waals surface area (Å²) in [4.78, 5) is 29.9. The number of carbonyl (C=O) groups is 1. The second-order valence-electron chi connectivity index (χ2n) is 5.43. The zero-order chi connectivity index (χ0) is 18.5. The van der Waals surface area contributed by atoms with Gasteiger partial charge in [0.1, 0.15) is 17.1 Å². The van der Waals surface area contributed by atoms with E-state index >= 15 is 0 Å². The lowest BCUT2D eigenvalue weighted by atomic mass is 10.2. The number of aromatic nitrogens is 4. The molecule has 0 aliphatic heterocycles. The van der Waals surface area contributed by atoms with Crippen LogP contribution < -0.4 is 10.4 Å². The largest absolute Gasteiger partial charge is 0.497 e. The average Bonchev–Trinajstić information content (AvgIpc) is 3.06. The van der Waals surface area contributed by atoms with Crippen molar-refractivity contribution in [3.8, 4) is 17.1 Å². The van der Waals surface area contributed by atoms with Crippen molar-refractivity contribution in [2.45, 2.75) is 13.5 Å². The van der Waals surface area contributed by atoms with Crippen LogP contribution in [0, 0.1) is 0 Å². The summed E-state index contributed by atoms with van der Waals surface area (Å²) in [7, 11) is 1.59. The lowest BCUT2D eigenvalue weighted by Crippen LogP contribution is -2.14. The Morgan fingerprint density at radius 3 is 2.85 bits per heavy atom. The Kier molecular flexibility index (Phi) is 5.12. The van der Waals surface area contributed by atoms with E-state index in [1.165, 1.54) is 6.20 Å². The van der Waals surface area contributed by atoms with Gasteiger partial charge in [0.25, 0.3) is 0 Å². The predicted octanol–water partition coefficient (Wildman–Crippen LogP) is 1.87. The maximum absolute atomic E-state index is 12.3. The molecule has 134 valence electrons. The number of benzene rings is 1. The fourth-order valence-electron chi connectivity index (χ4n) is 2.50. The Labute approximate surface area is 149 Å². The van der Waals surface area contributed by atoms with Gasteiger partial charge in [0.05, 0.1) is 26.0 Å². The molecule has 3 aromatic rings. The van der Waals surface area contributed by atoms with Gasteiger partial charge in [-0.15, -0.1) is 0 Å². The van der Waals surface area contributed by atoms with Gasteiger partial charge in [0.2, 0.25) is 0 Å². The minimum absolute atomic E-state index is 0.255. The van der Waals surface area contributed by atoms with Gasteiger partial charge in [-0.3, -0.25) is 4.68 Å². The normalized spacial score (nSPS) is 10.5. The summed E-state index contributed by atoms with van der Waals surface area (Å²) < 4.78 is 11.9. The SMILES string of the molecule is CCOC(=O)c1cc(-c2ccnc(=O)[nH]2)nn1Cc1cccc(OC)c1. The van der Waals surface area contributed by atoms with E-state index in [9.17, 15) is 9.59 Å². The molecule has 2 aromatic heterocycles. The number of nitrogens with one attached hydrogen (secondary N) is 1. The first-order chi connectivity index (χ1) is 12.6. The molecule has 0 amide bonds. The molecule has 2 heterocycles. The summed E-state index contributed by atoms with van der Waals surface area (Å²) in [6.45, 7) is 2.34. The van der Waals surface area contributed by atoms with Gasteiger partial charge >= 0.3 is 11.7 Å². The minimum atomic E-state index is -0.484. The molecule has 0 saturated carbocycles. The van der Waals surface area contributed by atoms with Crippen LogP contribution >= 0.6 is 0 Å². The van der Waals surface area contributed by atoms with Crippen molar-refractivity contribution in [3.63, 3.8) is 0 Å². The highest BCUT2D eigenvalue weighted by Gasteiger charge is 2.18. The zero-order valence-corrected chi connectivity index (χ0v) is 14.4. The molecule has 8 heteroatoms. The standard InChI is InChI=1S/C18H18N4O4/c1-3-26-17(23)16-10-15(14-7-8-19-18(24)20-14)21-22(16)11-12-5-4-6-13(9-12)25-2/h4-10H,3,11H2,1-2H3,(H,19,20,24). The van der Waals surface area contributed by atoms with Gasteiger partial charge < -0.3 is 14.5 Å². The number of ether oxygens (including phenoxy) is 2. The molecule has 0 saturated heterocycles. The molecule has 0 atom stereocenters. The molecule has 1 aromatic carbocycles. The van der Waals surface area contributed by atoms with Crippen molar-refractivity contribution in [1.29, 1.82) is 0 Å². The minimum Gasteiger partial charge on any atom is -0.497 e. The second-order valence-corrected chi connectivity index (χ2v) is 5.43. The molecule has 0 bridgehead atoms. The van der Waals surface area contributed by atoms with E-state index < -0.39 is 11.7 Å². The van der Waals surface area contributed by atoms with Gasteiger partial charge in [-0.25, -0.2) is 14.6 Å². The van der Waals surface area contributed by atoms with E-state index in [0.717, 1.165) is 5.56 Å². The second kappa shape index (κ2) is 7.64. The number of hydrogen-bond acceptors (Lipinski definition) is 6. The van der Waals surface area contributed by atoms with Gasteiger partial charge in [-0.05, 0) is 30.7 Å². The molecule has 26 heavy (non-hydrogen) atoms. The van der Waals surface area contributed by atoms with Crippen molar-refractivity contribution in [3.05, 3.63) is 64.3 Å². The summed E-state index contributed by atoms with van der Waals surface area (Å²) in [6, 6.07) is 10.7. The highest BCUT2D eigenvalue weighted by atomic mass is 16.5. The third-order valence-electron chi connectivity index (χ3n) is 3.68. The van der Waals surface area contributed by atoms with E-state index in [0.29, 0.717) is 29.4 Å². The van der Waals surface area contributed by atoms with E-state index in [4.69, 9.17) is 9.47 Å². The molecule has 0 aliphatic carbocycles. The van der Waals surface area contributed by atoms with Crippen molar-refractivity contribution in [1.82, 2.24) is 19.7 Å². The molecule has 0 unspecified atom stereocenters. The maximum atomic E-state index is 12.3. The molecule has 0 radical (unpaired) electrons. The van der Waals surface area contributed by atoms with Crippen LogP contribution in [0.15, 0.2) is 47.4 Å². The first-order valence-electron chi connectivity index (χ1n) is 8.04. The van der Waals surface area contributed by atoms with Crippen molar-refractivity contribution >= 4 is 5.97 Å². The Morgan fingerprint density at radius 1 is 1.27 bits per heavy atom. The summed E-state index contributed by atoms with van der Waals surface area (Å²) in [6.07, 6.45) is 1.39. The number of H-pyrrole nitrogens is 1. The summed E-state index contributed by atoms with van der Waals surface area (Å²) in [5, 5.41) is 4.45. The number of nitrogens with zero attached hydrogens (tertiary/aromatic N) is 3. The van der Waals surface area contributed by atoms with Crippen LogP contribution in [0.5, 0.6) is 5.75 Å². The van der Waals surface area contributed by atoms with Gasteiger partial charge in [-0.1, -0.05) is 12.1 Å². The smallest absolute Gasteiger partial charge is 0.356 e. The number of hydrogen-bond donors (Lipinski definition) is 1. The summed E-state index contributed by atoms with van der Waals surface area (Å²) >= 11 is 0. The van der Waals surface area contributed by atoms with Crippen LogP contribution in [0.2, 0.25) is 0 Å². The number of methoxy groups -OCH3 is 1. The lowest BCUT2D eigenvalue weighted by Gasteiger charge is -2.08. The highest BCUT2D eigenvalue weighted by molar-refractivity contribution is 5.88. The first kappa shape index (κ1) is 17.4. The van der Waals surface area contributed by atoms with Gasteiger partial charge in [0, 0.05) is 12.3 Å². The van der Waals surface area contributed by atoms with Crippen LogP contribution in [-0.4, -0.2) is 39.4 Å². The monoisotopic (exact) mass is 354 g/mol. The van der Waals surface area contributed by atoms with Gasteiger partial charge in [-0.2, -0.15) is 5.10 Å². The average molecular weight is 354 g/mol. The molecule has 1 N–H and O–H groups in total. The van der Waals surface area contributed by atoms with E-state index in [-0.39, 0.29) is 6.61 Å². The quantitative estimate of drug-likeness (QED) is 0.679. The van der Waals surface area contributed by atoms with Crippen LogP contribution in [0.1, 0.15) is 23.0 Å². The molecular formula is C18H18N4O4. The van der Waals surface area contributed by atoms with Gasteiger partial charge in [0.15, 0.2) is 0 Å². The highest BCUT2D eigenvalue weighted by Crippen LogP contribution is 2.19. The number of esters is 1. The third-order valence-corrected chi connectivity index (χ3v) is 3.68. The molecular weight excluding hydrogens is 336 g/mol. The Bertz CT molecular complexity index is 977. The van der Waals surface area contributed by atoms with Crippen molar-refractivity contribution in [2.24, 2.45) is 0 Å². The van der Waals surface area contributed by atoms with E-state index in [1.54, 1.807) is 30.8 Å². The topological polar surface area (TPSA) is 99.1 Å². The molecule has 3 rings (SSSR count). The van der Waals surface area contributed by atoms with E-state index in [1.807, 2.05) is 24.3 Å². The van der Waals surface area contributed by atoms with Crippen LogP contribution in [0.25, 0.3) is 11.4 Å². The first-order valence-corrected chi connectivity index (χ1v) is 8.04. The summed E-state index contributed by atoms with van der Waals surface area (Å²) in [5.74, 6) is 0.233. The molecule has 0 spiro atoms. The molecule has 0 fully saturated rings. The third kappa shape index (κ3) is 3.80. The Morgan fingerprint density at radius 2 is 2.12 bits per heavy atom. The maximum Gasteiger partial charge on any atom is 0.356 e. The van der Waals surface area contributed by atoms with Crippen LogP contribution in [0.3, 0.4) is 0 Å². The fourth-order valence-corrected chi connectivity index (χ4v) is 2.50. The fraction of sp³-hybridized carbons (Fsp3) is 0.222.